The number of nitrogens with zero attached hydrogens (tertiary/aromatic N) is 3. The molecule has 1 fully saturated rings. The van der Waals surface area contributed by atoms with Crippen molar-refractivity contribution in [2.45, 2.75) is 50.2 Å². The number of rotatable bonds is 11. The third-order valence-electron chi connectivity index (χ3n) is 7.63. The summed E-state index contributed by atoms with van der Waals surface area (Å²) < 4.78 is 55.9. The Morgan fingerprint density at radius 1 is 1.00 bits per heavy atom. The van der Waals surface area contributed by atoms with Gasteiger partial charge in [0.1, 0.15) is 16.5 Å². The molecule has 48 heavy (non-hydrogen) atoms. The van der Waals surface area contributed by atoms with Crippen LogP contribution in [0.4, 0.5) is 18.0 Å². The monoisotopic (exact) mass is 699 g/mol. The summed E-state index contributed by atoms with van der Waals surface area (Å²) >= 11 is 3.08. The fourth-order valence-corrected chi connectivity index (χ4v) is 7.16. The van der Waals surface area contributed by atoms with Gasteiger partial charge in [-0.2, -0.15) is 13.2 Å². The molecular formula is C35H36F3N3O5S2. The van der Waals surface area contributed by atoms with Crippen molar-refractivity contribution in [2.24, 2.45) is 0 Å². The van der Waals surface area contributed by atoms with E-state index in [-0.39, 0.29) is 6.61 Å². The number of halogens is 3. The van der Waals surface area contributed by atoms with E-state index in [1.165, 1.54) is 23.5 Å². The van der Waals surface area contributed by atoms with E-state index in [9.17, 15) is 22.8 Å². The van der Waals surface area contributed by atoms with Crippen molar-refractivity contribution in [2.75, 3.05) is 32.8 Å². The van der Waals surface area contributed by atoms with Crippen molar-refractivity contribution in [3.05, 3.63) is 94.5 Å². The van der Waals surface area contributed by atoms with Crippen LogP contribution in [-0.2, 0) is 28.0 Å². The van der Waals surface area contributed by atoms with E-state index in [4.69, 9.17) is 19.2 Å². The number of aryl methyl sites for hydroxylation is 1. The Morgan fingerprint density at radius 2 is 1.71 bits per heavy atom. The number of esters is 1. The smallest absolute Gasteiger partial charge is 0.416 e. The Balaban J connectivity index is 1.28. The Bertz CT molecular complexity index is 1690. The van der Waals surface area contributed by atoms with E-state index >= 15 is 0 Å². The quantitative estimate of drug-likeness (QED) is 0.115. The Kier molecular flexibility index (Phi) is 11.7. The lowest BCUT2D eigenvalue weighted by molar-refractivity contribution is -0.150. The van der Waals surface area contributed by atoms with Gasteiger partial charge >= 0.3 is 18.2 Å². The third-order valence-corrected chi connectivity index (χ3v) is 9.98. The van der Waals surface area contributed by atoms with E-state index < -0.39 is 29.9 Å². The molecule has 1 unspecified atom stereocenters. The summed E-state index contributed by atoms with van der Waals surface area (Å²) in [5, 5.41) is 0.646. The van der Waals surface area contributed by atoms with Crippen LogP contribution in [-0.4, -0.2) is 65.7 Å². The van der Waals surface area contributed by atoms with Crippen LogP contribution in [0.2, 0.25) is 0 Å². The largest absolute Gasteiger partial charge is 0.479 e. The lowest BCUT2D eigenvalue weighted by atomic mass is 10.1. The molecule has 0 spiro atoms. The number of ether oxygens (including phenoxy) is 3. The van der Waals surface area contributed by atoms with Gasteiger partial charge in [-0.3, -0.25) is 4.90 Å². The molecular weight excluding hydrogens is 664 g/mol. The fraction of sp³-hybridized carbons (Fsp3) is 0.343. The van der Waals surface area contributed by atoms with Crippen molar-refractivity contribution in [3.63, 3.8) is 0 Å². The number of carbonyl (C=O) groups is 2. The van der Waals surface area contributed by atoms with Gasteiger partial charge in [0.05, 0.1) is 17.9 Å². The van der Waals surface area contributed by atoms with Gasteiger partial charge in [0, 0.05) is 53.8 Å². The summed E-state index contributed by atoms with van der Waals surface area (Å²) in [5.74, 6) is 1.25. The first-order chi connectivity index (χ1) is 23.0. The molecule has 13 heteroatoms. The third kappa shape index (κ3) is 9.30. The molecule has 8 nitrogen and oxygen atoms in total. The topological polar surface area (TPSA) is 81.2 Å². The summed E-state index contributed by atoms with van der Waals surface area (Å²) in [6.07, 6.45) is -5.54. The number of hydrogen-bond acceptors (Lipinski definition) is 9. The second-order valence-electron chi connectivity index (χ2n) is 11.1. The highest BCUT2D eigenvalue weighted by Crippen LogP contribution is 2.36. The van der Waals surface area contributed by atoms with E-state index in [2.05, 4.69) is 4.90 Å². The number of amides is 1. The number of aromatic nitrogens is 1. The summed E-state index contributed by atoms with van der Waals surface area (Å²) in [6, 6.07) is 19.8. The molecule has 3 aromatic carbocycles. The predicted molar refractivity (Wildman–Crippen MR) is 179 cm³/mol. The van der Waals surface area contributed by atoms with Gasteiger partial charge in [0.25, 0.3) is 0 Å². The number of alkyl halides is 3. The Hall–Kier alpha value is -4.07. The van der Waals surface area contributed by atoms with E-state index in [0.717, 1.165) is 33.2 Å². The number of benzene rings is 3. The Morgan fingerprint density at radius 3 is 2.35 bits per heavy atom. The van der Waals surface area contributed by atoms with Gasteiger partial charge in [-0.25, -0.2) is 14.6 Å². The zero-order valence-corrected chi connectivity index (χ0v) is 28.4. The molecule has 0 bridgehead atoms. The number of piperazine rings is 1. The van der Waals surface area contributed by atoms with Gasteiger partial charge in [-0.1, -0.05) is 30.3 Å². The summed E-state index contributed by atoms with van der Waals surface area (Å²) in [5.41, 5.74) is 1.63. The molecule has 5 rings (SSSR count). The molecule has 1 atom stereocenters. The molecule has 1 aromatic heterocycles. The molecule has 1 saturated heterocycles. The first-order valence-corrected chi connectivity index (χ1v) is 17.3. The summed E-state index contributed by atoms with van der Waals surface area (Å²) in [7, 11) is 0. The van der Waals surface area contributed by atoms with Crippen LogP contribution in [0, 0.1) is 6.92 Å². The van der Waals surface area contributed by atoms with Gasteiger partial charge in [0.15, 0.2) is 6.10 Å². The molecule has 1 aliphatic rings. The maximum absolute atomic E-state index is 13.2. The van der Waals surface area contributed by atoms with Gasteiger partial charge < -0.3 is 19.1 Å². The second-order valence-corrected chi connectivity index (χ2v) is 13.3. The van der Waals surface area contributed by atoms with Crippen LogP contribution in [0.25, 0.3) is 10.6 Å². The van der Waals surface area contributed by atoms with Crippen LogP contribution >= 0.6 is 23.1 Å². The fourth-order valence-electron chi connectivity index (χ4n) is 4.99. The first-order valence-electron chi connectivity index (χ1n) is 15.5. The lowest BCUT2D eigenvalue weighted by Gasteiger charge is -2.33. The highest BCUT2D eigenvalue weighted by molar-refractivity contribution is 7.98. The van der Waals surface area contributed by atoms with Crippen molar-refractivity contribution in [1.29, 1.82) is 0 Å². The normalized spacial score (nSPS) is 14.4. The minimum Gasteiger partial charge on any atom is -0.479 e. The van der Waals surface area contributed by atoms with Crippen molar-refractivity contribution in [1.82, 2.24) is 14.8 Å². The highest BCUT2D eigenvalue weighted by atomic mass is 32.2. The highest BCUT2D eigenvalue weighted by Gasteiger charge is 2.30. The predicted octanol–water partition coefficient (Wildman–Crippen LogP) is 8.08. The number of carbonyl (C=O) groups excluding carboxylic acids is 2. The minimum absolute atomic E-state index is 0.279. The van der Waals surface area contributed by atoms with Crippen LogP contribution in [0.3, 0.4) is 0 Å². The van der Waals surface area contributed by atoms with E-state index in [0.29, 0.717) is 60.5 Å². The summed E-state index contributed by atoms with van der Waals surface area (Å²) in [6.45, 7) is 8.34. The molecule has 2 heterocycles. The molecule has 254 valence electrons. The van der Waals surface area contributed by atoms with Crippen LogP contribution in [0.15, 0.2) is 77.7 Å². The zero-order valence-electron chi connectivity index (χ0n) is 26.8. The standard InChI is InChI=1S/C35H36F3N3O5S2/c1-4-44-33(42)24(3)45-30-15-14-28(20-23(30)2)47-22-31-29(39-32(48-31)25-10-12-26(13-11-25)35(36,37)38)21-40-16-18-41(19-17-40)34(43)46-27-8-6-5-7-9-27/h5-15,20,24H,4,16-19,21-22H2,1-3H3. The van der Waals surface area contributed by atoms with Crippen molar-refractivity contribution >= 4 is 35.2 Å². The van der Waals surface area contributed by atoms with Crippen molar-refractivity contribution in [3.8, 4) is 22.1 Å². The first kappa shape index (κ1) is 35.2. The summed E-state index contributed by atoms with van der Waals surface area (Å²) in [4.78, 5) is 35.5. The number of hydrogen-bond donors (Lipinski definition) is 0. The van der Waals surface area contributed by atoms with Crippen LogP contribution in [0.1, 0.15) is 35.5 Å². The number of para-hydroxylation sites is 1. The van der Waals surface area contributed by atoms with Gasteiger partial charge in [0.2, 0.25) is 0 Å². The Labute approximate surface area is 285 Å². The average molecular weight is 700 g/mol. The molecule has 0 aliphatic carbocycles. The molecule has 0 radical (unpaired) electrons. The minimum atomic E-state index is -4.42. The molecule has 4 aromatic rings. The molecule has 1 aliphatic heterocycles. The van der Waals surface area contributed by atoms with Crippen LogP contribution in [0.5, 0.6) is 11.5 Å². The average Bonchev–Trinajstić information content (AvgIpc) is 3.47. The molecule has 1 amide bonds. The van der Waals surface area contributed by atoms with Gasteiger partial charge in [-0.05, 0) is 68.8 Å². The number of thioether (sulfide) groups is 1. The zero-order chi connectivity index (χ0) is 34.3. The maximum atomic E-state index is 13.2. The molecule has 0 N–H and O–H groups in total. The maximum Gasteiger partial charge on any atom is 0.416 e. The van der Waals surface area contributed by atoms with E-state index in [1.807, 2.05) is 43.3 Å². The van der Waals surface area contributed by atoms with E-state index in [1.54, 1.807) is 42.6 Å². The second kappa shape index (κ2) is 15.9. The van der Waals surface area contributed by atoms with Crippen LogP contribution < -0.4 is 9.47 Å². The molecule has 0 saturated carbocycles. The number of thiazole rings is 1. The van der Waals surface area contributed by atoms with Gasteiger partial charge in [-0.15, -0.1) is 23.1 Å². The lowest BCUT2D eigenvalue weighted by Crippen LogP contribution is -2.49. The SMILES string of the molecule is CCOC(=O)C(C)Oc1ccc(SCc2sc(-c3ccc(C(F)(F)F)cc3)nc2CN2CCN(C(=O)Oc3ccccc3)CC2)cc1C. The van der Waals surface area contributed by atoms with Crippen molar-refractivity contribution < 1.29 is 37.0 Å².